The van der Waals surface area contributed by atoms with Crippen LogP contribution in [0.3, 0.4) is 0 Å². The second-order valence-corrected chi connectivity index (χ2v) is 6.62. The molecular formula is C21H13F5N4O2. The minimum absolute atomic E-state index is 0.0602. The van der Waals surface area contributed by atoms with Crippen LogP contribution in [0, 0.1) is 11.6 Å². The van der Waals surface area contributed by atoms with Crippen molar-refractivity contribution in [1.29, 1.82) is 0 Å². The third-order valence-electron chi connectivity index (χ3n) is 4.57. The molecule has 0 atom stereocenters. The van der Waals surface area contributed by atoms with E-state index in [9.17, 15) is 26.7 Å². The first-order chi connectivity index (χ1) is 15.2. The summed E-state index contributed by atoms with van der Waals surface area (Å²) in [6.45, 7) is 0. The summed E-state index contributed by atoms with van der Waals surface area (Å²) in [5, 5.41) is 5.84. The number of anilines is 1. The zero-order chi connectivity index (χ0) is 23.0. The van der Waals surface area contributed by atoms with Gasteiger partial charge in [-0.3, -0.25) is 4.79 Å². The molecule has 0 radical (unpaired) electrons. The molecule has 1 N–H and O–H groups in total. The molecule has 0 aliphatic rings. The van der Waals surface area contributed by atoms with Crippen molar-refractivity contribution in [1.82, 2.24) is 14.6 Å². The van der Waals surface area contributed by atoms with E-state index < -0.39 is 29.4 Å². The molecule has 2 aromatic heterocycles. The molecule has 0 fully saturated rings. The van der Waals surface area contributed by atoms with Gasteiger partial charge in [0.15, 0.2) is 11.3 Å². The highest BCUT2D eigenvalue weighted by molar-refractivity contribution is 6.08. The van der Waals surface area contributed by atoms with Gasteiger partial charge < -0.3 is 10.1 Å². The molecule has 4 aromatic rings. The Kier molecular flexibility index (Phi) is 5.25. The Hall–Kier alpha value is -4.02. The Labute approximate surface area is 177 Å². The summed E-state index contributed by atoms with van der Waals surface area (Å²) in [4.78, 5) is 16.8. The average Bonchev–Trinajstić information content (AvgIpc) is 3.18. The number of alkyl halides is 3. The first-order valence-corrected chi connectivity index (χ1v) is 9.04. The van der Waals surface area contributed by atoms with Crippen molar-refractivity contribution in [3.05, 3.63) is 77.6 Å². The fourth-order valence-corrected chi connectivity index (χ4v) is 3.02. The molecule has 164 valence electrons. The Morgan fingerprint density at radius 2 is 1.78 bits per heavy atom. The fourth-order valence-electron chi connectivity index (χ4n) is 3.02. The lowest BCUT2D eigenvalue weighted by Gasteiger charge is -2.12. The normalized spacial score (nSPS) is 11.6. The largest absolute Gasteiger partial charge is 0.497 e. The van der Waals surface area contributed by atoms with Crippen molar-refractivity contribution in [2.45, 2.75) is 6.18 Å². The number of hydrogen-bond acceptors (Lipinski definition) is 4. The number of aromatic nitrogens is 3. The van der Waals surface area contributed by atoms with E-state index >= 15 is 0 Å². The van der Waals surface area contributed by atoms with Crippen LogP contribution in [0.4, 0.5) is 27.6 Å². The fraction of sp³-hybridized carbons (Fsp3) is 0.0952. The van der Waals surface area contributed by atoms with E-state index in [0.29, 0.717) is 21.9 Å². The molecule has 0 unspecified atom stereocenters. The van der Waals surface area contributed by atoms with E-state index in [1.807, 2.05) is 0 Å². The van der Waals surface area contributed by atoms with Gasteiger partial charge in [-0.05, 0) is 42.5 Å². The molecule has 0 saturated carbocycles. The summed E-state index contributed by atoms with van der Waals surface area (Å²) in [6.07, 6.45) is -3.91. The molecule has 6 nitrogen and oxygen atoms in total. The van der Waals surface area contributed by atoms with Crippen LogP contribution in [-0.4, -0.2) is 27.6 Å². The number of benzene rings is 2. The number of nitrogens with one attached hydrogen (secondary N) is 1. The van der Waals surface area contributed by atoms with Gasteiger partial charge in [0.1, 0.15) is 22.9 Å². The van der Waals surface area contributed by atoms with Gasteiger partial charge >= 0.3 is 6.18 Å². The van der Waals surface area contributed by atoms with Crippen LogP contribution in [0.15, 0.2) is 54.7 Å². The second-order valence-electron chi connectivity index (χ2n) is 6.62. The lowest BCUT2D eigenvalue weighted by molar-refractivity contribution is -0.142. The predicted molar refractivity (Wildman–Crippen MR) is 104 cm³/mol. The maximum absolute atomic E-state index is 13.9. The molecule has 32 heavy (non-hydrogen) atoms. The Bertz CT molecular complexity index is 1320. The van der Waals surface area contributed by atoms with Crippen LogP contribution < -0.4 is 10.1 Å². The number of rotatable bonds is 4. The van der Waals surface area contributed by atoms with Crippen LogP contribution in [0.5, 0.6) is 5.75 Å². The van der Waals surface area contributed by atoms with Crippen molar-refractivity contribution in [3.63, 3.8) is 0 Å². The van der Waals surface area contributed by atoms with Gasteiger partial charge in [-0.15, -0.1) is 0 Å². The van der Waals surface area contributed by atoms with Crippen molar-refractivity contribution in [2.75, 3.05) is 12.4 Å². The summed E-state index contributed by atoms with van der Waals surface area (Å²) < 4.78 is 73.6. The van der Waals surface area contributed by atoms with E-state index in [0.717, 1.165) is 24.4 Å². The number of ether oxygens (including phenoxy) is 1. The highest BCUT2D eigenvalue weighted by atomic mass is 19.4. The third kappa shape index (κ3) is 3.96. The van der Waals surface area contributed by atoms with E-state index in [1.165, 1.54) is 19.2 Å². The van der Waals surface area contributed by atoms with Gasteiger partial charge in [-0.25, -0.2) is 18.3 Å². The molecule has 2 aromatic carbocycles. The van der Waals surface area contributed by atoms with Crippen molar-refractivity contribution in [2.24, 2.45) is 0 Å². The molecule has 0 bridgehead atoms. The van der Waals surface area contributed by atoms with E-state index in [2.05, 4.69) is 15.4 Å². The molecule has 0 aliphatic carbocycles. The van der Waals surface area contributed by atoms with Crippen LogP contribution in [0.25, 0.3) is 16.9 Å². The van der Waals surface area contributed by atoms with E-state index in [-0.39, 0.29) is 22.6 Å². The lowest BCUT2D eigenvalue weighted by Crippen LogP contribution is -2.16. The van der Waals surface area contributed by atoms with Crippen LogP contribution in [-0.2, 0) is 6.18 Å². The van der Waals surface area contributed by atoms with Crippen LogP contribution in [0.2, 0.25) is 0 Å². The van der Waals surface area contributed by atoms with Gasteiger partial charge in [0, 0.05) is 11.6 Å². The smallest absolute Gasteiger partial charge is 0.433 e. The van der Waals surface area contributed by atoms with Gasteiger partial charge in [0.05, 0.1) is 24.7 Å². The number of amides is 1. The van der Waals surface area contributed by atoms with Crippen molar-refractivity contribution in [3.8, 4) is 17.0 Å². The van der Waals surface area contributed by atoms with E-state index in [4.69, 9.17) is 4.74 Å². The summed E-state index contributed by atoms with van der Waals surface area (Å²) in [5.41, 5.74) is -1.93. The number of hydrogen-bond donors (Lipinski definition) is 1. The number of carbonyl (C=O) groups excluding carboxylic acids is 1. The molecule has 2 heterocycles. The number of carbonyl (C=O) groups is 1. The molecule has 0 saturated heterocycles. The monoisotopic (exact) mass is 448 g/mol. The standard InChI is InChI=1S/C21H13F5N4O2/c1-32-13-5-2-11(3-6-13)17-9-18(21(24,25)26)30-19(28-17)14(10-27-30)20(31)29-16-7-4-12(22)8-15(16)23/h2-10H,1H3,(H,29,31). The SMILES string of the molecule is COc1ccc(-c2cc(C(F)(F)F)n3ncc(C(=O)Nc4ccc(F)cc4F)c3n2)cc1. The lowest BCUT2D eigenvalue weighted by atomic mass is 10.1. The highest BCUT2D eigenvalue weighted by Gasteiger charge is 2.36. The Morgan fingerprint density at radius 3 is 2.41 bits per heavy atom. The minimum atomic E-state index is -4.80. The summed E-state index contributed by atoms with van der Waals surface area (Å²) >= 11 is 0. The second kappa shape index (κ2) is 7.91. The van der Waals surface area contributed by atoms with Crippen molar-refractivity contribution < 1.29 is 31.5 Å². The maximum Gasteiger partial charge on any atom is 0.433 e. The van der Waals surface area contributed by atoms with Gasteiger partial charge in [-0.2, -0.15) is 18.3 Å². The number of halogens is 5. The van der Waals surface area contributed by atoms with Crippen LogP contribution in [0.1, 0.15) is 16.1 Å². The van der Waals surface area contributed by atoms with Crippen LogP contribution >= 0.6 is 0 Å². The van der Waals surface area contributed by atoms with E-state index in [1.54, 1.807) is 12.1 Å². The highest BCUT2D eigenvalue weighted by Crippen LogP contribution is 2.33. The van der Waals surface area contributed by atoms with Crippen molar-refractivity contribution >= 4 is 17.2 Å². The molecule has 1 amide bonds. The minimum Gasteiger partial charge on any atom is -0.497 e. The average molecular weight is 448 g/mol. The summed E-state index contributed by atoms with van der Waals surface area (Å²) in [6, 6.07) is 9.42. The number of methoxy groups -OCH3 is 1. The van der Waals surface area contributed by atoms with Gasteiger partial charge in [0.2, 0.25) is 0 Å². The maximum atomic E-state index is 13.9. The third-order valence-corrected chi connectivity index (χ3v) is 4.57. The molecule has 4 rings (SSSR count). The molecule has 0 spiro atoms. The van der Waals surface area contributed by atoms with Gasteiger partial charge in [0.25, 0.3) is 5.91 Å². The quantitative estimate of drug-likeness (QED) is 0.449. The Balaban J connectivity index is 1.82. The first-order valence-electron chi connectivity index (χ1n) is 9.04. The summed E-state index contributed by atoms with van der Waals surface area (Å²) in [7, 11) is 1.45. The Morgan fingerprint density at radius 1 is 1.06 bits per heavy atom. The predicted octanol–water partition coefficient (Wildman–Crippen LogP) is 4.95. The molecule has 0 aliphatic heterocycles. The molecule has 11 heteroatoms. The summed E-state index contributed by atoms with van der Waals surface area (Å²) in [5.74, 6) is -2.36. The zero-order valence-electron chi connectivity index (χ0n) is 16.2. The topological polar surface area (TPSA) is 68.5 Å². The molecular weight excluding hydrogens is 435 g/mol. The number of nitrogens with zero attached hydrogens (tertiary/aromatic N) is 3. The first kappa shape index (κ1) is 21.2. The number of fused-ring (bicyclic) bond motifs is 1. The zero-order valence-corrected chi connectivity index (χ0v) is 16.2. The van der Waals surface area contributed by atoms with Gasteiger partial charge in [-0.1, -0.05) is 0 Å².